The summed E-state index contributed by atoms with van der Waals surface area (Å²) in [4.78, 5) is 17.0. The number of benzene rings is 2. The van der Waals surface area contributed by atoms with Crippen molar-refractivity contribution in [3.63, 3.8) is 0 Å². The van der Waals surface area contributed by atoms with E-state index in [1.807, 2.05) is 29.0 Å². The van der Waals surface area contributed by atoms with Crippen molar-refractivity contribution in [1.82, 2.24) is 24.5 Å². The van der Waals surface area contributed by atoms with E-state index >= 15 is 0 Å². The number of imidazole rings is 1. The van der Waals surface area contributed by atoms with E-state index in [4.69, 9.17) is 0 Å². The fourth-order valence-electron chi connectivity index (χ4n) is 2.80. The SMILES string of the molecule is Cc1cccc(-n2ccnc2SCn2nnc3ccccc3c2=O)c1C. The minimum Gasteiger partial charge on any atom is -0.295 e. The minimum absolute atomic E-state index is 0.145. The largest absolute Gasteiger partial charge is 0.295 e. The molecule has 0 unspecified atom stereocenters. The molecule has 2 heterocycles. The molecule has 2 aromatic carbocycles. The number of thioether (sulfide) groups is 1. The number of hydrogen-bond acceptors (Lipinski definition) is 5. The Balaban J connectivity index is 1.64. The second kappa shape index (κ2) is 6.76. The molecule has 0 spiro atoms. The monoisotopic (exact) mass is 363 g/mol. The van der Waals surface area contributed by atoms with Gasteiger partial charge in [0.15, 0.2) is 5.16 Å². The van der Waals surface area contributed by atoms with Gasteiger partial charge in [-0.2, -0.15) is 4.68 Å². The highest BCUT2D eigenvalue weighted by Gasteiger charge is 2.11. The van der Waals surface area contributed by atoms with Gasteiger partial charge in [-0.3, -0.25) is 9.36 Å². The zero-order valence-electron chi connectivity index (χ0n) is 14.5. The van der Waals surface area contributed by atoms with Gasteiger partial charge in [0.05, 0.1) is 17.0 Å². The molecule has 0 bridgehead atoms. The van der Waals surface area contributed by atoms with Gasteiger partial charge in [-0.1, -0.05) is 41.2 Å². The third-order valence-corrected chi connectivity index (χ3v) is 5.32. The first kappa shape index (κ1) is 16.5. The Kier molecular flexibility index (Phi) is 4.30. The van der Waals surface area contributed by atoms with Gasteiger partial charge in [0.25, 0.3) is 5.56 Å². The Morgan fingerprint density at radius 2 is 1.92 bits per heavy atom. The van der Waals surface area contributed by atoms with Gasteiger partial charge in [0, 0.05) is 12.4 Å². The first-order valence-electron chi connectivity index (χ1n) is 8.20. The lowest BCUT2D eigenvalue weighted by Gasteiger charge is -2.12. The van der Waals surface area contributed by atoms with Crippen molar-refractivity contribution in [3.8, 4) is 5.69 Å². The van der Waals surface area contributed by atoms with Crippen LogP contribution in [0.5, 0.6) is 0 Å². The van der Waals surface area contributed by atoms with E-state index in [1.165, 1.54) is 27.6 Å². The molecule has 2 aromatic heterocycles. The molecule has 4 aromatic rings. The van der Waals surface area contributed by atoms with Crippen molar-refractivity contribution in [3.05, 3.63) is 76.3 Å². The smallest absolute Gasteiger partial charge is 0.278 e. The summed E-state index contributed by atoms with van der Waals surface area (Å²) in [5.74, 6) is 0.346. The number of nitrogens with zero attached hydrogens (tertiary/aromatic N) is 5. The zero-order valence-corrected chi connectivity index (χ0v) is 15.3. The molecule has 0 fully saturated rings. The highest BCUT2D eigenvalue weighted by molar-refractivity contribution is 7.98. The molecule has 130 valence electrons. The van der Waals surface area contributed by atoms with Crippen LogP contribution in [-0.4, -0.2) is 24.5 Å². The summed E-state index contributed by atoms with van der Waals surface area (Å²) in [6.45, 7) is 4.19. The highest BCUT2D eigenvalue weighted by Crippen LogP contribution is 2.24. The van der Waals surface area contributed by atoms with Crippen LogP contribution in [-0.2, 0) is 5.88 Å². The standard InChI is InChI=1S/C19H17N5OS/c1-13-6-5-9-17(14(13)2)23-11-10-20-19(23)26-12-24-18(25)15-7-3-4-8-16(15)21-22-24/h3-11H,12H2,1-2H3. The van der Waals surface area contributed by atoms with Crippen LogP contribution in [0.15, 0.2) is 64.8 Å². The molecule has 0 aliphatic rings. The second-order valence-electron chi connectivity index (χ2n) is 5.98. The van der Waals surface area contributed by atoms with E-state index in [9.17, 15) is 4.79 Å². The number of rotatable bonds is 4. The average Bonchev–Trinajstić information content (AvgIpc) is 3.12. The fraction of sp³-hybridized carbons (Fsp3) is 0.158. The molecule has 0 radical (unpaired) electrons. The second-order valence-corrected chi connectivity index (χ2v) is 6.90. The van der Waals surface area contributed by atoms with Crippen molar-refractivity contribution in [2.45, 2.75) is 24.9 Å². The summed E-state index contributed by atoms with van der Waals surface area (Å²) in [5, 5.41) is 9.53. The lowest BCUT2D eigenvalue weighted by atomic mass is 10.1. The molecule has 0 N–H and O–H groups in total. The normalized spacial score (nSPS) is 11.2. The van der Waals surface area contributed by atoms with E-state index in [2.05, 4.69) is 41.3 Å². The van der Waals surface area contributed by atoms with Crippen LogP contribution < -0.4 is 5.56 Å². The summed E-state index contributed by atoms with van der Waals surface area (Å²) < 4.78 is 3.40. The number of fused-ring (bicyclic) bond motifs is 1. The highest BCUT2D eigenvalue weighted by atomic mass is 32.2. The predicted octanol–water partition coefficient (Wildman–Crippen LogP) is 3.34. The Morgan fingerprint density at radius 1 is 1.08 bits per heavy atom. The van der Waals surface area contributed by atoms with Gasteiger partial charge in [-0.15, -0.1) is 5.10 Å². The van der Waals surface area contributed by atoms with E-state index in [0.717, 1.165) is 10.8 Å². The van der Waals surface area contributed by atoms with Crippen LogP contribution in [0.4, 0.5) is 0 Å². The molecule has 0 saturated carbocycles. The molecule has 0 amide bonds. The molecule has 0 saturated heterocycles. The van der Waals surface area contributed by atoms with Gasteiger partial charge in [-0.05, 0) is 43.2 Å². The molecule has 0 atom stereocenters. The van der Waals surface area contributed by atoms with Crippen LogP contribution in [0, 0.1) is 13.8 Å². The number of aryl methyl sites for hydroxylation is 1. The molecule has 7 heteroatoms. The first-order chi connectivity index (χ1) is 12.6. The van der Waals surface area contributed by atoms with Gasteiger partial charge >= 0.3 is 0 Å². The van der Waals surface area contributed by atoms with Gasteiger partial charge < -0.3 is 0 Å². The Labute approximate surface area is 154 Å². The molecule has 0 aliphatic heterocycles. The maximum Gasteiger partial charge on any atom is 0.278 e. The van der Waals surface area contributed by atoms with Crippen LogP contribution >= 0.6 is 11.8 Å². The quantitative estimate of drug-likeness (QED) is 0.520. The van der Waals surface area contributed by atoms with Crippen molar-refractivity contribution < 1.29 is 0 Å². The Hall–Kier alpha value is -2.93. The van der Waals surface area contributed by atoms with Gasteiger partial charge in [-0.25, -0.2) is 4.98 Å². The average molecular weight is 363 g/mol. The zero-order chi connectivity index (χ0) is 18.1. The van der Waals surface area contributed by atoms with Crippen LogP contribution in [0.25, 0.3) is 16.6 Å². The summed E-state index contributed by atoms with van der Waals surface area (Å²) in [7, 11) is 0. The van der Waals surface area contributed by atoms with Crippen LogP contribution in [0.3, 0.4) is 0 Å². The molecule has 0 aliphatic carbocycles. The minimum atomic E-state index is -0.145. The molecular weight excluding hydrogens is 346 g/mol. The van der Waals surface area contributed by atoms with Crippen molar-refractivity contribution >= 4 is 22.7 Å². The third-order valence-electron chi connectivity index (χ3n) is 4.39. The third kappa shape index (κ3) is 2.90. The summed E-state index contributed by atoms with van der Waals surface area (Å²) in [6.07, 6.45) is 3.69. The van der Waals surface area contributed by atoms with Crippen LogP contribution in [0.2, 0.25) is 0 Å². The lowest BCUT2D eigenvalue weighted by molar-refractivity contribution is 0.643. The Bertz CT molecular complexity index is 1150. The van der Waals surface area contributed by atoms with Crippen molar-refractivity contribution in [2.24, 2.45) is 0 Å². The summed E-state index contributed by atoms with van der Waals surface area (Å²) in [6, 6.07) is 13.4. The maximum atomic E-state index is 12.6. The maximum absolute atomic E-state index is 12.6. The van der Waals surface area contributed by atoms with Crippen molar-refractivity contribution in [2.75, 3.05) is 0 Å². The van der Waals surface area contributed by atoms with Crippen molar-refractivity contribution in [1.29, 1.82) is 0 Å². The van der Waals surface area contributed by atoms with Gasteiger partial charge in [0.2, 0.25) is 0 Å². The number of hydrogen-bond donors (Lipinski definition) is 0. The van der Waals surface area contributed by atoms with E-state index < -0.39 is 0 Å². The summed E-state index contributed by atoms with van der Waals surface area (Å²) >= 11 is 1.45. The Morgan fingerprint density at radius 3 is 2.81 bits per heavy atom. The topological polar surface area (TPSA) is 65.6 Å². The summed E-state index contributed by atoms with van der Waals surface area (Å²) in [5.41, 5.74) is 3.98. The lowest BCUT2D eigenvalue weighted by Crippen LogP contribution is -2.23. The number of aromatic nitrogens is 5. The fourth-order valence-corrected chi connectivity index (χ4v) is 3.64. The molecular formula is C19H17N5OS. The molecule has 6 nitrogen and oxygen atoms in total. The molecule has 26 heavy (non-hydrogen) atoms. The van der Waals surface area contributed by atoms with E-state index in [-0.39, 0.29) is 5.56 Å². The molecule has 4 rings (SSSR count). The van der Waals surface area contributed by atoms with Gasteiger partial charge in [0.1, 0.15) is 5.52 Å². The van der Waals surface area contributed by atoms with Crippen LogP contribution in [0.1, 0.15) is 11.1 Å². The predicted molar refractivity (Wildman–Crippen MR) is 103 cm³/mol. The van der Waals surface area contributed by atoms with E-state index in [0.29, 0.717) is 16.8 Å². The van der Waals surface area contributed by atoms with E-state index in [1.54, 1.807) is 18.3 Å². The first-order valence-corrected chi connectivity index (χ1v) is 9.19.